The van der Waals surface area contributed by atoms with Crippen molar-refractivity contribution in [2.24, 2.45) is 5.92 Å². The molecule has 2 atom stereocenters. The summed E-state index contributed by atoms with van der Waals surface area (Å²) >= 11 is 0. The number of hydrogen-bond donors (Lipinski definition) is 1. The summed E-state index contributed by atoms with van der Waals surface area (Å²) in [6, 6.07) is -0.138. The molecular formula is C14H25NO4. The molecule has 0 aromatic rings. The maximum Gasteiger partial charge on any atom is 0.407 e. The summed E-state index contributed by atoms with van der Waals surface area (Å²) in [7, 11) is 0. The minimum atomic E-state index is -0.520. The zero-order valence-corrected chi connectivity index (χ0v) is 12.6. The summed E-state index contributed by atoms with van der Waals surface area (Å²) in [4.78, 5) is 22.7. The second kappa shape index (κ2) is 7.81. The molecule has 0 heterocycles. The predicted octanol–water partition coefficient (Wildman–Crippen LogP) is 2.66. The van der Waals surface area contributed by atoms with Crippen molar-refractivity contribution in [2.75, 3.05) is 6.61 Å². The molecule has 0 aliphatic heterocycles. The molecule has 0 aliphatic carbocycles. The van der Waals surface area contributed by atoms with Crippen molar-refractivity contribution in [3.63, 3.8) is 0 Å². The van der Waals surface area contributed by atoms with Crippen molar-refractivity contribution in [3.05, 3.63) is 12.2 Å². The van der Waals surface area contributed by atoms with Crippen LogP contribution in [-0.2, 0) is 14.3 Å². The van der Waals surface area contributed by atoms with E-state index >= 15 is 0 Å². The normalized spacial score (nSPS) is 14.8. The van der Waals surface area contributed by atoms with E-state index < -0.39 is 11.7 Å². The fourth-order valence-corrected chi connectivity index (χ4v) is 1.21. The fourth-order valence-electron chi connectivity index (χ4n) is 1.21. The lowest BCUT2D eigenvalue weighted by Crippen LogP contribution is -2.40. The van der Waals surface area contributed by atoms with E-state index in [-0.39, 0.29) is 17.9 Å². The molecule has 1 amide bonds. The Balaban J connectivity index is 4.23. The average molecular weight is 271 g/mol. The third-order valence-electron chi connectivity index (χ3n) is 2.36. The minimum absolute atomic E-state index is 0.00285. The summed E-state index contributed by atoms with van der Waals surface area (Å²) in [6.07, 6.45) is 2.62. The molecule has 0 saturated carbocycles. The Bertz CT molecular complexity index is 331. The highest BCUT2D eigenvalue weighted by Crippen LogP contribution is 2.09. The summed E-state index contributed by atoms with van der Waals surface area (Å²) in [5, 5.41) is 2.73. The number of hydrogen-bond acceptors (Lipinski definition) is 4. The summed E-state index contributed by atoms with van der Waals surface area (Å²) in [5.41, 5.74) is -0.520. The van der Waals surface area contributed by atoms with Gasteiger partial charge in [-0.15, -0.1) is 0 Å². The van der Waals surface area contributed by atoms with Crippen molar-refractivity contribution in [3.8, 4) is 0 Å². The molecular weight excluding hydrogens is 246 g/mol. The Morgan fingerprint density at radius 3 is 2.32 bits per heavy atom. The molecule has 0 unspecified atom stereocenters. The van der Waals surface area contributed by atoms with Crippen LogP contribution in [-0.4, -0.2) is 30.3 Å². The zero-order valence-electron chi connectivity index (χ0n) is 12.6. The number of rotatable bonds is 5. The van der Waals surface area contributed by atoms with Crippen LogP contribution in [0.15, 0.2) is 12.2 Å². The molecule has 0 rings (SSSR count). The monoisotopic (exact) mass is 271 g/mol. The fraction of sp³-hybridized carbons (Fsp3) is 0.714. The van der Waals surface area contributed by atoms with Crippen LogP contribution < -0.4 is 5.32 Å². The molecule has 19 heavy (non-hydrogen) atoms. The topological polar surface area (TPSA) is 64.6 Å². The second-order valence-electron chi connectivity index (χ2n) is 5.41. The lowest BCUT2D eigenvalue weighted by molar-refractivity contribution is -0.137. The number of carbonyl (C=O) groups is 2. The first-order valence-corrected chi connectivity index (χ1v) is 6.50. The predicted molar refractivity (Wildman–Crippen MR) is 73.8 cm³/mol. The van der Waals surface area contributed by atoms with Crippen LogP contribution in [0, 0.1) is 5.92 Å². The maximum atomic E-state index is 11.6. The van der Waals surface area contributed by atoms with Gasteiger partial charge in [-0.2, -0.15) is 0 Å². The van der Waals surface area contributed by atoms with Gasteiger partial charge in [0.05, 0.1) is 6.61 Å². The van der Waals surface area contributed by atoms with Crippen LogP contribution in [0.25, 0.3) is 0 Å². The zero-order chi connectivity index (χ0) is 15.1. The first kappa shape index (κ1) is 17.5. The van der Waals surface area contributed by atoms with Gasteiger partial charge in [0.1, 0.15) is 5.60 Å². The molecule has 0 aliphatic rings. The molecule has 110 valence electrons. The number of alkyl carbamates (subject to hydrolysis) is 1. The molecule has 1 N–H and O–H groups in total. The van der Waals surface area contributed by atoms with E-state index in [1.165, 1.54) is 6.08 Å². The number of nitrogens with one attached hydrogen (secondary N) is 1. The van der Waals surface area contributed by atoms with E-state index in [0.29, 0.717) is 6.61 Å². The van der Waals surface area contributed by atoms with E-state index in [1.807, 2.05) is 13.8 Å². The van der Waals surface area contributed by atoms with Crippen LogP contribution in [0.5, 0.6) is 0 Å². The van der Waals surface area contributed by atoms with Crippen LogP contribution in [0.3, 0.4) is 0 Å². The lowest BCUT2D eigenvalue weighted by Gasteiger charge is -2.23. The van der Waals surface area contributed by atoms with Crippen molar-refractivity contribution >= 4 is 12.1 Å². The van der Waals surface area contributed by atoms with E-state index in [2.05, 4.69) is 5.32 Å². The first-order chi connectivity index (χ1) is 8.65. The van der Waals surface area contributed by atoms with Crippen molar-refractivity contribution in [1.82, 2.24) is 5.32 Å². The maximum absolute atomic E-state index is 11.6. The standard InChI is InChI=1S/C14H25NO4/c1-7-18-12(16)9-8-10(2)11(3)15-13(17)19-14(4,5)6/h8-11H,7H2,1-6H3,(H,15,17)/b9-8+/t10-,11-/m0/s1. The molecule has 5 nitrogen and oxygen atoms in total. The Hall–Kier alpha value is -1.52. The average Bonchev–Trinajstić information content (AvgIpc) is 2.23. The Kier molecular flexibility index (Phi) is 7.19. The molecule has 5 heteroatoms. The summed E-state index contributed by atoms with van der Waals surface area (Å²) < 4.78 is 9.94. The van der Waals surface area contributed by atoms with E-state index in [1.54, 1.807) is 33.8 Å². The van der Waals surface area contributed by atoms with E-state index in [4.69, 9.17) is 9.47 Å². The lowest BCUT2D eigenvalue weighted by atomic mass is 10.0. The highest BCUT2D eigenvalue weighted by Gasteiger charge is 2.19. The van der Waals surface area contributed by atoms with Crippen molar-refractivity contribution in [1.29, 1.82) is 0 Å². The quantitative estimate of drug-likeness (QED) is 0.616. The van der Waals surface area contributed by atoms with Gasteiger partial charge in [0.2, 0.25) is 0 Å². The molecule has 0 bridgehead atoms. The van der Waals surface area contributed by atoms with Gasteiger partial charge in [-0.25, -0.2) is 9.59 Å². The van der Waals surface area contributed by atoms with Crippen LogP contribution >= 0.6 is 0 Å². The number of carbonyl (C=O) groups excluding carboxylic acids is 2. The van der Waals surface area contributed by atoms with Gasteiger partial charge in [-0.3, -0.25) is 0 Å². The Labute approximate surface area is 115 Å². The SMILES string of the molecule is CCOC(=O)/C=C/[C@H](C)[C@H](C)NC(=O)OC(C)(C)C. The molecule has 0 aromatic heterocycles. The molecule has 0 saturated heterocycles. The smallest absolute Gasteiger partial charge is 0.407 e. The van der Waals surface area contributed by atoms with Crippen molar-refractivity contribution in [2.45, 2.75) is 53.2 Å². The van der Waals surface area contributed by atoms with Gasteiger partial charge in [0.25, 0.3) is 0 Å². The highest BCUT2D eigenvalue weighted by atomic mass is 16.6. The minimum Gasteiger partial charge on any atom is -0.463 e. The molecule has 0 spiro atoms. The third kappa shape index (κ3) is 9.11. The van der Waals surface area contributed by atoms with E-state index in [9.17, 15) is 9.59 Å². The number of ether oxygens (including phenoxy) is 2. The van der Waals surface area contributed by atoms with Gasteiger partial charge < -0.3 is 14.8 Å². The van der Waals surface area contributed by atoms with Gasteiger partial charge in [0, 0.05) is 12.1 Å². The van der Waals surface area contributed by atoms with Gasteiger partial charge >= 0.3 is 12.1 Å². The van der Waals surface area contributed by atoms with Crippen LogP contribution in [0.2, 0.25) is 0 Å². The first-order valence-electron chi connectivity index (χ1n) is 6.50. The number of amides is 1. The Morgan fingerprint density at radius 1 is 1.26 bits per heavy atom. The summed E-state index contributed by atoms with van der Waals surface area (Å²) in [6.45, 7) is 11.3. The third-order valence-corrected chi connectivity index (χ3v) is 2.36. The molecule has 0 radical (unpaired) electrons. The largest absolute Gasteiger partial charge is 0.463 e. The molecule has 0 fully saturated rings. The Morgan fingerprint density at radius 2 is 1.84 bits per heavy atom. The second-order valence-corrected chi connectivity index (χ2v) is 5.41. The highest BCUT2D eigenvalue weighted by molar-refractivity contribution is 5.81. The molecule has 0 aromatic carbocycles. The summed E-state index contributed by atoms with van der Waals surface area (Å²) in [5.74, 6) is -0.379. The van der Waals surface area contributed by atoms with Gasteiger partial charge in [-0.1, -0.05) is 13.0 Å². The van der Waals surface area contributed by atoms with Gasteiger partial charge in [-0.05, 0) is 40.5 Å². The van der Waals surface area contributed by atoms with Gasteiger partial charge in [0.15, 0.2) is 0 Å². The number of esters is 1. The van der Waals surface area contributed by atoms with Crippen LogP contribution in [0.1, 0.15) is 41.5 Å². The van der Waals surface area contributed by atoms with Crippen molar-refractivity contribution < 1.29 is 19.1 Å². The van der Waals surface area contributed by atoms with Crippen LogP contribution in [0.4, 0.5) is 4.79 Å². The van der Waals surface area contributed by atoms with E-state index in [0.717, 1.165) is 0 Å².